The summed E-state index contributed by atoms with van der Waals surface area (Å²) in [4.78, 5) is 26.5. The summed E-state index contributed by atoms with van der Waals surface area (Å²) in [6.07, 6.45) is 0.243. The molecule has 5 heteroatoms. The van der Waals surface area contributed by atoms with Gasteiger partial charge in [-0.25, -0.2) is 0 Å². The van der Waals surface area contributed by atoms with E-state index in [1.807, 2.05) is 56.3 Å². The molecule has 4 nitrogen and oxygen atoms in total. The smallest absolute Gasteiger partial charge is 0.229 e. The van der Waals surface area contributed by atoms with E-state index < -0.39 is 0 Å². The highest BCUT2D eigenvalue weighted by atomic mass is 79.9. The Kier molecular flexibility index (Phi) is 4.71. The molecule has 0 aliphatic carbocycles. The Bertz CT molecular complexity index is 786. The molecule has 124 valence electrons. The van der Waals surface area contributed by atoms with E-state index in [4.69, 9.17) is 0 Å². The molecule has 1 saturated heterocycles. The molecule has 0 aromatic heterocycles. The van der Waals surface area contributed by atoms with Crippen LogP contribution in [0.3, 0.4) is 0 Å². The Morgan fingerprint density at radius 2 is 1.88 bits per heavy atom. The summed E-state index contributed by atoms with van der Waals surface area (Å²) in [7, 11) is 0. The van der Waals surface area contributed by atoms with Gasteiger partial charge in [0.2, 0.25) is 11.8 Å². The molecule has 3 rings (SSSR count). The van der Waals surface area contributed by atoms with E-state index >= 15 is 0 Å². The number of anilines is 2. The van der Waals surface area contributed by atoms with Gasteiger partial charge in [0.05, 0.1) is 5.92 Å². The number of hydrogen-bond acceptors (Lipinski definition) is 2. The lowest BCUT2D eigenvalue weighted by atomic mass is 10.1. The molecule has 2 amide bonds. The Balaban J connectivity index is 1.72. The quantitative estimate of drug-likeness (QED) is 0.864. The van der Waals surface area contributed by atoms with Crippen molar-refractivity contribution in [2.45, 2.75) is 20.3 Å². The van der Waals surface area contributed by atoms with Crippen LogP contribution in [0.5, 0.6) is 0 Å². The summed E-state index contributed by atoms with van der Waals surface area (Å²) < 4.78 is 0.960. The van der Waals surface area contributed by atoms with Crippen LogP contribution in [0.2, 0.25) is 0 Å². The zero-order valence-electron chi connectivity index (χ0n) is 13.7. The molecular weight excluding hydrogens is 368 g/mol. The van der Waals surface area contributed by atoms with E-state index in [1.54, 1.807) is 4.90 Å². The summed E-state index contributed by atoms with van der Waals surface area (Å²) in [5.74, 6) is -0.448. The van der Waals surface area contributed by atoms with E-state index in [0.717, 1.165) is 27.0 Å². The van der Waals surface area contributed by atoms with Crippen molar-refractivity contribution in [3.05, 3.63) is 58.1 Å². The van der Waals surface area contributed by atoms with Crippen molar-refractivity contribution < 1.29 is 9.59 Å². The average Bonchev–Trinajstić information content (AvgIpc) is 2.94. The minimum atomic E-state index is -0.332. The van der Waals surface area contributed by atoms with Crippen molar-refractivity contribution >= 4 is 39.1 Å². The predicted molar refractivity (Wildman–Crippen MR) is 99.1 cm³/mol. The van der Waals surface area contributed by atoms with Crippen LogP contribution in [0.15, 0.2) is 46.9 Å². The minimum Gasteiger partial charge on any atom is -0.326 e. The van der Waals surface area contributed by atoms with Gasteiger partial charge in [0, 0.05) is 28.8 Å². The molecule has 0 bridgehead atoms. The highest BCUT2D eigenvalue weighted by molar-refractivity contribution is 9.10. The van der Waals surface area contributed by atoms with Gasteiger partial charge in [-0.1, -0.05) is 28.1 Å². The summed E-state index contributed by atoms with van der Waals surface area (Å²) >= 11 is 3.39. The largest absolute Gasteiger partial charge is 0.326 e. The molecule has 1 atom stereocenters. The fourth-order valence-electron chi connectivity index (χ4n) is 2.86. The normalized spacial score (nSPS) is 17.2. The Morgan fingerprint density at radius 3 is 2.58 bits per heavy atom. The lowest BCUT2D eigenvalue weighted by Crippen LogP contribution is -2.28. The van der Waals surface area contributed by atoms with Crippen molar-refractivity contribution in [3.8, 4) is 0 Å². The number of nitrogens with zero attached hydrogens (tertiary/aromatic N) is 1. The third-order valence-corrected chi connectivity index (χ3v) is 4.81. The first-order valence-electron chi connectivity index (χ1n) is 7.88. The highest BCUT2D eigenvalue weighted by Crippen LogP contribution is 2.27. The van der Waals surface area contributed by atoms with Crippen LogP contribution >= 0.6 is 15.9 Å². The predicted octanol–water partition coefficient (Wildman–Crippen LogP) is 4.06. The molecule has 2 aromatic carbocycles. The molecule has 1 heterocycles. The number of rotatable bonds is 3. The SMILES string of the molecule is Cc1ccc(C)c(NC(=O)[C@@H]2CC(=O)N(c3ccc(Br)cc3)C2)c1. The van der Waals surface area contributed by atoms with E-state index in [-0.39, 0.29) is 24.2 Å². The lowest BCUT2D eigenvalue weighted by molar-refractivity contribution is -0.122. The number of hydrogen-bond donors (Lipinski definition) is 1. The van der Waals surface area contributed by atoms with Gasteiger partial charge < -0.3 is 10.2 Å². The Labute approximate surface area is 150 Å². The molecule has 2 aromatic rings. The summed E-state index contributed by atoms with van der Waals surface area (Å²) in [5.41, 5.74) is 3.75. The topological polar surface area (TPSA) is 49.4 Å². The zero-order chi connectivity index (χ0) is 17.3. The van der Waals surface area contributed by atoms with Crippen LogP contribution < -0.4 is 10.2 Å². The molecule has 0 saturated carbocycles. The molecule has 1 aliphatic rings. The standard InChI is InChI=1S/C19H19BrN2O2/c1-12-3-4-13(2)17(9-12)21-19(24)14-10-18(23)22(11-14)16-7-5-15(20)6-8-16/h3-9,14H,10-11H2,1-2H3,(H,21,24)/t14-/m1/s1. The lowest BCUT2D eigenvalue weighted by Gasteiger charge is -2.17. The second-order valence-electron chi connectivity index (χ2n) is 6.19. The molecule has 0 radical (unpaired) electrons. The number of nitrogens with one attached hydrogen (secondary N) is 1. The number of halogens is 1. The van der Waals surface area contributed by atoms with Crippen LogP contribution in [0.25, 0.3) is 0 Å². The fraction of sp³-hybridized carbons (Fsp3) is 0.263. The number of carbonyl (C=O) groups is 2. The fourth-order valence-corrected chi connectivity index (χ4v) is 3.12. The second kappa shape index (κ2) is 6.77. The highest BCUT2D eigenvalue weighted by Gasteiger charge is 2.35. The molecular formula is C19H19BrN2O2. The van der Waals surface area contributed by atoms with Crippen LogP contribution in [-0.2, 0) is 9.59 Å². The maximum absolute atomic E-state index is 12.6. The number of aryl methyl sites for hydroxylation is 2. The van der Waals surface area contributed by atoms with Crippen molar-refractivity contribution in [3.63, 3.8) is 0 Å². The summed E-state index contributed by atoms with van der Waals surface area (Å²) in [6.45, 7) is 4.36. The first-order valence-corrected chi connectivity index (χ1v) is 8.67. The van der Waals surface area contributed by atoms with Crippen LogP contribution in [0.4, 0.5) is 11.4 Å². The first-order chi connectivity index (χ1) is 11.4. The third kappa shape index (κ3) is 3.51. The van der Waals surface area contributed by atoms with E-state index in [0.29, 0.717) is 6.54 Å². The van der Waals surface area contributed by atoms with Gasteiger partial charge in [0.25, 0.3) is 0 Å². The van der Waals surface area contributed by atoms with Crippen LogP contribution in [-0.4, -0.2) is 18.4 Å². The van der Waals surface area contributed by atoms with E-state index in [2.05, 4.69) is 21.2 Å². The number of amides is 2. The molecule has 0 spiro atoms. The zero-order valence-corrected chi connectivity index (χ0v) is 15.3. The van der Waals surface area contributed by atoms with Gasteiger partial charge in [-0.05, 0) is 55.3 Å². The van der Waals surface area contributed by atoms with Crippen LogP contribution in [0, 0.1) is 19.8 Å². The van der Waals surface area contributed by atoms with Crippen LogP contribution in [0.1, 0.15) is 17.5 Å². The maximum Gasteiger partial charge on any atom is 0.229 e. The summed E-state index contributed by atoms with van der Waals surface area (Å²) in [6, 6.07) is 13.5. The third-order valence-electron chi connectivity index (χ3n) is 4.29. The van der Waals surface area contributed by atoms with Gasteiger partial charge >= 0.3 is 0 Å². The molecule has 1 N–H and O–H groups in total. The minimum absolute atomic E-state index is 0.0153. The van der Waals surface area contributed by atoms with Gasteiger partial charge in [-0.15, -0.1) is 0 Å². The van der Waals surface area contributed by atoms with Gasteiger partial charge in [0.1, 0.15) is 0 Å². The number of carbonyl (C=O) groups excluding carboxylic acids is 2. The molecule has 24 heavy (non-hydrogen) atoms. The molecule has 1 aliphatic heterocycles. The maximum atomic E-state index is 12.6. The Morgan fingerprint density at radius 1 is 1.17 bits per heavy atom. The average molecular weight is 387 g/mol. The van der Waals surface area contributed by atoms with Crippen molar-refractivity contribution in [1.29, 1.82) is 0 Å². The van der Waals surface area contributed by atoms with Gasteiger partial charge in [0.15, 0.2) is 0 Å². The van der Waals surface area contributed by atoms with Gasteiger partial charge in [-0.3, -0.25) is 9.59 Å². The second-order valence-corrected chi connectivity index (χ2v) is 7.11. The van der Waals surface area contributed by atoms with Crippen molar-refractivity contribution in [2.75, 3.05) is 16.8 Å². The van der Waals surface area contributed by atoms with Crippen molar-refractivity contribution in [2.24, 2.45) is 5.92 Å². The monoisotopic (exact) mass is 386 g/mol. The van der Waals surface area contributed by atoms with E-state index in [9.17, 15) is 9.59 Å². The molecule has 0 unspecified atom stereocenters. The van der Waals surface area contributed by atoms with Crippen molar-refractivity contribution in [1.82, 2.24) is 0 Å². The first kappa shape index (κ1) is 16.7. The van der Waals surface area contributed by atoms with E-state index in [1.165, 1.54) is 0 Å². The Hall–Kier alpha value is -2.14. The molecule has 1 fully saturated rings. The summed E-state index contributed by atoms with van der Waals surface area (Å²) in [5, 5.41) is 2.97. The van der Waals surface area contributed by atoms with Gasteiger partial charge in [-0.2, -0.15) is 0 Å². The number of benzene rings is 2.